The van der Waals surface area contributed by atoms with Crippen molar-refractivity contribution in [1.82, 2.24) is 9.13 Å². The van der Waals surface area contributed by atoms with Crippen LogP contribution in [-0.4, -0.2) is 38.1 Å². The van der Waals surface area contributed by atoms with Gasteiger partial charge >= 0.3 is 510 Å². The average Bonchev–Trinajstić information content (AvgIpc) is 1.58. The van der Waals surface area contributed by atoms with Crippen LogP contribution in [0.5, 0.6) is 0 Å². The second kappa shape index (κ2) is 31.9. The molecule has 0 radical (unpaired) electrons. The summed E-state index contributed by atoms with van der Waals surface area (Å²) in [6.07, 6.45) is 0. The van der Waals surface area contributed by atoms with E-state index in [1.165, 1.54) is 216 Å². The Morgan fingerprint density at radius 1 is 0.129 bits per heavy atom. The van der Waals surface area contributed by atoms with Gasteiger partial charge in [-0.05, 0) is 70.8 Å². The summed E-state index contributed by atoms with van der Waals surface area (Å²) in [7, 11) is 0. The van der Waals surface area contributed by atoms with Crippen LogP contribution >= 0.6 is 0 Å². The predicted octanol–water partition coefficient (Wildman–Crippen LogP) is 32.3. The summed E-state index contributed by atoms with van der Waals surface area (Å²) in [4.78, 5) is 0. The zero-order chi connectivity index (χ0) is 82.0. The number of hydrogen-bond acceptors (Lipinski definition) is 0. The molecule has 4 aromatic heterocycles. The number of hydrogen-bond donors (Lipinski definition) is 0. The molecule has 0 aliphatic heterocycles. The van der Waals surface area contributed by atoms with E-state index in [9.17, 15) is 0 Å². The first-order valence-corrected chi connectivity index (χ1v) is 45.9. The zero-order valence-corrected chi connectivity index (χ0v) is 71.2. The van der Waals surface area contributed by atoms with Crippen molar-refractivity contribution in [2.45, 2.75) is 0 Å². The summed E-state index contributed by atoms with van der Waals surface area (Å²) < 4.78 is 10.7. The van der Waals surface area contributed by atoms with E-state index in [0.717, 1.165) is 11.4 Å². The van der Waals surface area contributed by atoms with Crippen LogP contribution in [0.1, 0.15) is 0 Å². The minimum Gasteiger partial charge on any atom is -0.0617 e. The molecule has 0 fully saturated rings. The fourth-order valence-electron chi connectivity index (χ4n) is 18.6. The molecule has 124 heavy (non-hydrogen) atoms. The van der Waals surface area contributed by atoms with Crippen LogP contribution < -0.4 is 0 Å². The van der Waals surface area contributed by atoms with Crippen molar-refractivity contribution in [2.75, 3.05) is 0 Å². The van der Waals surface area contributed by atoms with E-state index < -0.39 is 0 Å². The number of aromatic nitrogens is 2. The van der Waals surface area contributed by atoms with Crippen LogP contribution in [0.15, 0.2) is 473 Å². The van der Waals surface area contributed by atoms with Crippen LogP contribution in [0, 0.1) is 0 Å². The minimum atomic E-state index is 0.231. The van der Waals surface area contributed by atoms with Crippen molar-refractivity contribution < 1.29 is 0 Å². The van der Waals surface area contributed by atoms with Crippen LogP contribution in [0.3, 0.4) is 0 Å². The molecule has 4 heterocycles. The molecule has 0 aliphatic carbocycles. The Labute approximate surface area is 732 Å². The third kappa shape index (κ3) is 13.8. The van der Waals surface area contributed by atoms with E-state index in [2.05, 4.69) is 482 Å². The van der Waals surface area contributed by atoms with E-state index in [1.807, 2.05) is 0 Å². The quantitative estimate of drug-likeness (QED) is 0.0961. The van der Waals surface area contributed by atoms with Gasteiger partial charge in [0.05, 0.1) is 0 Å². The molecule has 0 unspecified atom stereocenters. The molecular formula is C120H78N2Se2. The van der Waals surface area contributed by atoms with Crippen LogP contribution in [0.25, 0.3) is 227 Å². The number of fused-ring (bicyclic) bond motifs is 12. The smallest absolute Gasteiger partial charge is 0.0617 e. The van der Waals surface area contributed by atoms with Gasteiger partial charge in [0.25, 0.3) is 0 Å². The van der Waals surface area contributed by atoms with Gasteiger partial charge in [-0.15, -0.1) is 0 Å². The molecule has 0 bridgehead atoms. The third-order valence-electron chi connectivity index (χ3n) is 24.7. The molecule has 24 aromatic rings. The Morgan fingerprint density at radius 3 is 0.758 bits per heavy atom. The minimum absolute atomic E-state index is 0.231. The molecule has 20 aromatic carbocycles. The fraction of sp³-hybridized carbons (Fsp3) is 0. The molecule has 0 aliphatic rings. The summed E-state index contributed by atoms with van der Waals surface area (Å²) in [6.45, 7) is 0. The Morgan fingerprint density at radius 2 is 0.371 bits per heavy atom. The van der Waals surface area contributed by atoms with Crippen molar-refractivity contribution >= 4 is 111 Å². The fourth-order valence-corrected chi connectivity index (χ4v) is 23.8. The van der Waals surface area contributed by atoms with Gasteiger partial charge in [0.15, 0.2) is 0 Å². The molecule has 580 valence electrons. The second-order valence-electron chi connectivity index (χ2n) is 32.2. The molecular weight excluding hydrogens is 1630 g/mol. The first-order valence-electron chi connectivity index (χ1n) is 42.5. The Kier molecular flexibility index (Phi) is 19.1. The molecule has 2 nitrogen and oxygen atoms in total. The van der Waals surface area contributed by atoms with Gasteiger partial charge < -0.3 is 0 Å². The maximum atomic E-state index is 2.46. The topological polar surface area (TPSA) is 9.86 Å². The molecule has 0 saturated carbocycles. The normalized spacial score (nSPS) is 11.5. The third-order valence-corrected chi connectivity index (χ3v) is 29.8. The molecule has 4 heteroatoms. The van der Waals surface area contributed by atoms with Crippen LogP contribution in [-0.2, 0) is 0 Å². The summed E-state index contributed by atoms with van der Waals surface area (Å²) in [5.41, 5.74) is 36.4. The van der Waals surface area contributed by atoms with Gasteiger partial charge in [0.1, 0.15) is 0 Å². The summed E-state index contributed by atoms with van der Waals surface area (Å²) in [5, 5.41) is 10.4. The van der Waals surface area contributed by atoms with Gasteiger partial charge in [-0.3, -0.25) is 0 Å². The molecule has 0 saturated heterocycles. The monoisotopic (exact) mass is 1710 g/mol. The van der Waals surface area contributed by atoms with E-state index in [1.54, 1.807) is 0 Å². The van der Waals surface area contributed by atoms with Crippen molar-refractivity contribution in [3.05, 3.63) is 473 Å². The second-order valence-corrected chi connectivity index (χ2v) is 36.6. The van der Waals surface area contributed by atoms with E-state index in [0.29, 0.717) is 0 Å². The van der Waals surface area contributed by atoms with E-state index in [4.69, 9.17) is 0 Å². The number of rotatable bonds is 14. The molecule has 0 N–H and O–H groups in total. The van der Waals surface area contributed by atoms with Crippen LogP contribution in [0.2, 0.25) is 0 Å². The number of benzene rings is 20. The van der Waals surface area contributed by atoms with Crippen molar-refractivity contribution in [3.8, 4) is 145 Å². The number of nitrogens with zero attached hydrogens (tertiary/aromatic N) is 2. The summed E-state index contributed by atoms with van der Waals surface area (Å²) in [6, 6.07) is 175. The van der Waals surface area contributed by atoms with Gasteiger partial charge in [-0.2, -0.15) is 0 Å². The van der Waals surface area contributed by atoms with Gasteiger partial charge in [-0.25, -0.2) is 0 Å². The zero-order valence-electron chi connectivity index (χ0n) is 67.7. The Hall–Kier alpha value is -15.0. The standard InChI is InChI=1S/2C60H39NSe/c1-5-16-40(17-6-1)43-22-15-23-44(32-43)47-33-48(35-49(34-47)50-37-54(42-20-9-3-10-21-42)60-56(38-50)53-26-13-14-27-59(53)62-60)46-28-30-52-55-36-45(41-18-7-2-8-19-41)29-31-57(55)61(58(52)39-46)51-24-11-4-12-25-51;1-5-15-40(16-6-1)42-25-27-43(28-26-42)47-33-48(35-49(34-47)50-37-54(44-19-9-3-10-20-44)60-56(38-50)53-23-13-14-24-59(53)62-60)46-29-31-52-55-36-45(41-17-7-2-8-18-41)30-32-57(55)61(58(52)39-46)51-21-11-4-12-22-51/h2*1-39H. The molecule has 0 atom stereocenters. The van der Waals surface area contributed by atoms with Gasteiger partial charge in [-0.1, -0.05) is 158 Å². The molecule has 0 spiro atoms. The van der Waals surface area contributed by atoms with Gasteiger partial charge in [0, 0.05) is 0 Å². The summed E-state index contributed by atoms with van der Waals surface area (Å²) >= 11 is 0.465. The predicted molar refractivity (Wildman–Crippen MR) is 531 cm³/mol. The van der Waals surface area contributed by atoms with Crippen molar-refractivity contribution in [2.24, 2.45) is 0 Å². The maximum absolute atomic E-state index is 2.46. The SMILES string of the molecule is c1ccc(-c2ccc(-c3cc(-c4cc(-c5ccccc5)c5[se]c6ccccc6c5c4)cc(-c4ccc5c6cc(-c7ccccc7)ccc6n(-c6ccccc6)c5c4)c3)cc2)cc1.c1ccc(-c2cccc(-c3cc(-c4cc(-c5ccccc5)c5[se]c6ccccc6c5c4)cc(-c4ccc5c6cc(-c7ccccc7)ccc6n(-c6ccccc6)c5c4)c3)c2)cc1. The Bertz CT molecular complexity index is 8150. The van der Waals surface area contributed by atoms with Crippen molar-refractivity contribution in [3.63, 3.8) is 0 Å². The van der Waals surface area contributed by atoms with Crippen molar-refractivity contribution in [1.29, 1.82) is 0 Å². The number of para-hydroxylation sites is 2. The molecule has 0 amide bonds. The van der Waals surface area contributed by atoms with Crippen LogP contribution in [0.4, 0.5) is 0 Å². The average molecular weight is 1710 g/mol. The van der Waals surface area contributed by atoms with E-state index in [-0.39, 0.29) is 29.0 Å². The first-order chi connectivity index (χ1) is 61.4. The Balaban J connectivity index is 0.000000143. The van der Waals surface area contributed by atoms with E-state index >= 15 is 0 Å². The molecule has 24 rings (SSSR count). The summed E-state index contributed by atoms with van der Waals surface area (Å²) in [5.74, 6) is 0. The van der Waals surface area contributed by atoms with Gasteiger partial charge in [0.2, 0.25) is 0 Å². The first kappa shape index (κ1) is 74.1.